The van der Waals surface area contributed by atoms with Crippen molar-refractivity contribution in [1.29, 1.82) is 0 Å². The molecule has 0 spiro atoms. The van der Waals surface area contributed by atoms with Crippen LogP contribution in [0.3, 0.4) is 0 Å². The molecule has 0 fully saturated rings. The molecule has 0 aliphatic carbocycles. The zero-order valence-electron chi connectivity index (χ0n) is 13.9. The van der Waals surface area contributed by atoms with E-state index in [0.717, 1.165) is 18.3 Å². The minimum absolute atomic E-state index is 0.0998. The third-order valence-electron chi connectivity index (χ3n) is 3.59. The number of nitrogens with one attached hydrogen (secondary N) is 3. The topological polar surface area (TPSA) is 121 Å². The standard InChI is InChI=1S/C15H11ClF3N5O3S/c1-7-2-11(6-20-12(7)16)28(26,27)24-10-4-8(13-21-14(25)23-22-13)3-9(5-10)15(17,18)19/h2-6,24H,1H3,(H2,21,22,23,25). The van der Waals surface area contributed by atoms with Crippen molar-refractivity contribution in [1.82, 2.24) is 20.2 Å². The van der Waals surface area contributed by atoms with E-state index in [1.165, 1.54) is 13.0 Å². The molecular formula is C15H11ClF3N5O3S. The zero-order valence-corrected chi connectivity index (χ0v) is 15.5. The molecule has 1 aromatic carbocycles. The van der Waals surface area contributed by atoms with E-state index in [4.69, 9.17) is 11.6 Å². The third-order valence-corrected chi connectivity index (χ3v) is 5.33. The molecule has 0 amide bonds. The summed E-state index contributed by atoms with van der Waals surface area (Å²) in [5.74, 6) is -0.180. The Balaban J connectivity index is 2.07. The largest absolute Gasteiger partial charge is 0.416 e. The Kier molecular flexibility index (Phi) is 4.93. The number of sulfonamides is 1. The van der Waals surface area contributed by atoms with Crippen molar-refractivity contribution < 1.29 is 21.6 Å². The molecule has 0 saturated heterocycles. The minimum atomic E-state index is -4.76. The Morgan fingerprint density at radius 1 is 1.18 bits per heavy atom. The van der Waals surface area contributed by atoms with Crippen molar-refractivity contribution >= 4 is 27.3 Å². The average molecular weight is 434 g/mol. The number of rotatable bonds is 4. The molecule has 3 aromatic rings. The Morgan fingerprint density at radius 2 is 1.89 bits per heavy atom. The van der Waals surface area contributed by atoms with Crippen LogP contribution in [-0.4, -0.2) is 28.6 Å². The van der Waals surface area contributed by atoms with E-state index >= 15 is 0 Å². The number of aromatic nitrogens is 4. The number of halogens is 4. The van der Waals surface area contributed by atoms with E-state index in [1.54, 1.807) is 0 Å². The summed E-state index contributed by atoms with van der Waals surface area (Å²) in [5, 5.41) is 5.69. The first-order valence-electron chi connectivity index (χ1n) is 7.48. The van der Waals surface area contributed by atoms with E-state index in [9.17, 15) is 26.4 Å². The van der Waals surface area contributed by atoms with Crippen molar-refractivity contribution in [2.75, 3.05) is 4.72 Å². The number of anilines is 1. The van der Waals surface area contributed by atoms with Gasteiger partial charge in [-0.15, -0.1) is 0 Å². The number of H-pyrrole nitrogens is 2. The quantitative estimate of drug-likeness (QED) is 0.546. The van der Waals surface area contributed by atoms with E-state index in [1.807, 2.05) is 5.10 Å². The first-order valence-corrected chi connectivity index (χ1v) is 9.34. The van der Waals surface area contributed by atoms with Crippen LogP contribution >= 0.6 is 11.6 Å². The van der Waals surface area contributed by atoms with Crippen molar-refractivity contribution in [3.05, 3.63) is 57.2 Å². The molecule has 0 aliphatic heterocycles. The van der Waals surface area contributed by atoms with Crippen LogP contribution in [0.5, 0.6) is 0 Å². The van der Waals surface area contributed by atoms with Crippen LogP contribution < -0.4 is 10.4 Å². The van der Waals surface area contributed by atoms with Gasteiger partial charge in [0.2, 0.25) is 0 Å². The third kappa shape index (κ3) is 4.17. The summed E-state index contributed by atoms with van der Waals surface area (Å²) >= 11 is 5.76. The summed E-state index contributed by atoms with van der Waals surface area (Å²) in [6, 6.07) is 3.70. The first kappa shape index (κ1) is 19.9. The van der Waals surface area contributed by atoms with Crippen molar-refractivity contribution in [2.45, 2.75) is 18.0 Å². The summed E-state index contributed by atoms with van der Waals surface area (Å²) in [5.41, 5.74) is -1.99. The number of aryl methyl sites for hydroxylation is 1. The molecule has 0 radical (unpaired) electrons. The fourth-order valence-electron chi connectivity index (χ4n) is 2.29. The lowest BCUT2D eigenvalue weighted by Crippen LogP contribution is -2.15. The summed E-state index contributed by atoms with van der Waals surface area (Å²) in [6.45, 7) is 1.53. The number of hydrogen-bond donors (Lipinski definition) is 3. The van der Waals surface area contributed by atoms with Gasteiger partial charge in [0.05, 0.1) is 11.3 Å². The van der Waals surface area contributed by atoms with Crippen LogP contribution in [0.2, 0.25) is 5.15 Å². The highest BCUT2D eigenvalue weighted by molar-refractivity contribution is 7.92. The average Bonchev–Trinajstić information content (AvgIpc) is 3.02. The molecule has 0 atom stereocenters. The number of pyridine rings is 1. The molecule has 0 saturated carbocycles. The van der Waals surface area contributed by atoms with Gasteiger partial charge in [0.1, 0.15) is 10.0 Å². The van der Waals surface area contributed by atoms with E-state index in [2.05, 4.69) is 19.8 Å². The minimum Gasteiger partial charge on any atom is -0.289 e. The van der Waals surface area contributed by atoms with Crippen LogP contribution in [0.15, 0.2) is 40.2 Å². The number of hydrogen-bond acceptors (Lipinski definition) is 5. The van der Waals surface area contributed by atoms with Gasteiger partial charge in [-0.05, 0) is 36.8 Å². The van der Waals surface area contributed by atoms with Gasteiger partial charge < -0.3 is 0 Å². The van der Waals surface area contributed by atoms with Crippen LogP contribution in [0.4, 0.5) is 18.9 Å². The second-order valence-corrected chi connectivity index (χ2v) is 7.75. The maximum Gasteiger partial charge on any atom is 0.416 e. The zero-order chi connectivity index (χ0) is 20.7. The summed E-state index contributed by atoms with van der Waals surface area (Å²) in [6.07, 6.45) is -3.78. The molecule has 0 bridgehead atoms. The molecule has 8 nitrogen and oxygen atoms in total. The van der Waals surface area contributed by atoms with Crippen LogP contribution in [0.1, 0.15) is 11.1 Å². The molecule has 0 unspecified atom stereocenters. The maximum atomic E-state index is 13.2. The molecule has 0 aliphatic rings. The Labute approximate surface area is 160 Å². The van der Waals surface area contributed by atoms with Gasteiger partial charge >= 0.3 is 11.9 Å². The fraction of sp³-hybridized carbons (Fsp3) is 0.133. The Bertz CT molecular complexity index is 1200. The highest BCUT2D eigenvalue weighted by atomic mass is 35.5. The van der Waals surface area contributed by atoms with Crippen LogP contribution in [-0.2, 0) is 16.2 Å². The van der Waals surface area contributed by atoms with Crippen molar-refractivity contribution in [3.63, 3.8) is 0 Å². The lowest BCUT2D eigenvalue weighted by Gasteiger charge is -2.13. The van der Waals surface area contributed by atoms with E-state index in [0.29, 0.717) is 11.6 Å². The Morgan fingerprint density at radius 3 is 2.46 bits per heavy atom. The Hall–Kier alpha value is -2.86. The predicted octanol–water partition coefficient (Wildman–Crippen LogP) is 2.94. The molecule has 3 N–H and O–H groups in total. The molecular weight excluding hydrogens is 423 g/mol. The first-order chi connectivity index (χ1) is 13.0. The number of nitrogens with zero attached hydrogens (tertiary/aromatic N) is 2. The van der Waals surface area contributed by atoms with Crippen LogP contribution in [0, 0.1) is 6.92 Å². The number of aromatic amines is 2. The van der Waals surface area contributed by atoms with Gasteiger partial charge in [0, 0.05) is 11.8 Å². The molecule has 2 heterocycles. The number of alkyl halides is 3. The highest BCUT2D eigenvalue weighted by Crippen LogP contribution is 2.34. The van der Waals surface area contributed by atoms with Gasteiger partial charge in [-0.3, -0.25) is 9.71 Å². The van der Waals surface area contributed by atoms with Crippen molar-refractivity contribution in [2.24, 2.45) is 0 Å². The van der Waals surface area contributed by atoms with Gasteiger partial charge in [0.15, 0.2) is 5.82 Å². The van der Waals surface area contributed by atoms with Gasteiger partial charge in [-0.25, -0.2) is 23.3 Å². The number of benzene rings is 1. The lowest BCUT2D eigenvalue weighted by molar-refractivity contribution is -0.137. The highest BCUT2D eigenvalue weighted by Gasteiger charge is 2.32. The van der Waals surface area contributed by atoms with E-state index < -0.39 is 27.5 Å². The molecule has 28 heavy (non-hydrogen) atoms. The molecule has 3 rings (SSSR count). The second kappa shape index (κ2) is 6.95. The SMILES string of the molecule is Cc1cc(S(=O)(=O)Nc2cc(-c3n[nH]c(=O)[nH]3)cc(C(F)(F)F)c2)cnc1Cl. The fourth-order valence-corrected chi connectivity index (χ4v) is 3.46. The van der Waals surface area contributed by atoms with Gasteiger partial charge in [-0.2, -0.15) is 18.3 Å². The lowest BCUT2D eigenvalue weighted by atomic mass is 10.1. The van der Waals surface area contributed by atoms with Crippen molar-refractivity contribution in [3.8, 4) is 11.4 Å². The normalized spacial score (nSPS) is 12.2. The predicted molar refractivity (Wildman–Crippen MR) is 94.4 cm³/mol. The smallest absolute Gasteiger partial charge is 0.289 e. The summed E-state index contributed by atoms with van der Waals surface area (Å²) < 4.78 is 66.8. The van der Waals surface area contributed by atoms with Gasteiger partial charge in [-0.1, -0.05) is 11.6 Å². The molecule has 148 valence electrons. The summed E-state index contributed by atoms with van der Waals surface area (Å²) in [7, 11) is -4.25. The van der Waals surface area contributed by atoms with Gasteiger partial charge in [0.25, 0.3) is 10.0 Å². The molecule has 13 heteroatoms. The monoisotopic (exact) mass is 433 g/mol. The van der Waals surface area contributed by atoms with E-state index in [-0.39, 0.29) is 27.1 Å². The van der Waals surface area contributed by atoms with Crippen LogP contribution in [0.25, 0.3) is 11.4 Å². The second-order valence-electron chi connectivity index (χ2n) is 5.71. The summed E-state index contributed by atoms with van der Waals surface area (Å²) in [4.78, 5) is 16.8. The molecule has 2 aromatic heterocycles. The maximum absolute atomic E-state index is 13.2.